The standard InChI is InChI=1S/C15H25NO4/c1-6-16-12(10-20-7-2)11-8-9-13(17-3)15(19-5)14(11)18-4/h8-9,12,16H,6-7,10H2,1-5H3. The summed E-state index contributed by atoms with van der Waals surface area (Å²) in [6.07, 6.45) is 0. The van der Waals surface area contributed by atoms with E-state index < -0.39 is 0 Å². The van der Waals surface area contributed by atoms with Crippen LogP contribution < -0.4 is 19.5 Å². The summed E-state index contributed by atoms with van der Waals surface area (Å²) in [5.41, 5.74) is 1.00. The number of likely N-dealkylation sites (N-methyl/N-ethyl adjacent to an activating group) is 1. The first kappa shape index (κ1) is 16.6. The number of nitrogens with one attached hydrogen (secondary N) is 1. The molecule has 5 heteroatoms. The van der Waals surface area contributed by atoms with E-state index in [2.05, 4.69) is 12.2 Å². The molecule has 0 amide bonds. The molecular formula is C15H25NO4. The first-order chi connectivity index (χ1) is 9.73. The van der Waals surface area contributed by atoms with E-state index in [4.69, 9.17) is 18.9 Å². The monoisotopic (exact) mass is 283 g/mol. The van der Waals surface area contributed by atoms with Gasteiger partial charge in [-0.25, -0.2) is 0 Å². The highest BCUT2D eigenvalue weighted by molar-refractivity contribution is 5.56. The molecule has 20 heavy (non-hydrogen) atoms. The van der Waals surface area contributed by atoms with Crippen LogP contribution in [0.1, 0.15) is 25.5 Å². The smallest absolute Gasteiger partial charge is 0.203 e. The number of methoxy groups -OCH3 is 3. The van der Waals surface area contributed by atoms with Gasteiger partial charge in [0.05, 0.1) is 34.0 Å². The van der Waals surface area contributed by atoms with Crippen molar-refractivity contribution in [3.63, 3.8) is 0 Å². The van der Waals surface area contributed by atoms with Gasteiger partial charge in [-0.15, -0.1) is 0 Å². The van der Waals surface area contributed by atoms with Crippen LogP contribution in [0.25, 0.3) is 0 Å². The molecule has 1 atom stereocenters. The minimum atomic E-state index is 0.0507. The maximum atomic E-state index is 5.54. The Kier molecular flexibility index (Phi) is 7.18. The third kappa shape index (κ3) is 3.77. The molecule has 0 aliphatic heterocycles. The van der Waals surface area contributed by atoms with Gasteiger partial charge < -0.3 is 24.3 Å². The van der Waals surface area contributed by atoms with E-state index in [1.165, 1.54) is 0 Å². The number of benzene rings is 1. The van der Waals surface area contributed by atoms with E-state index in [9.17, 15) is 0 Å². The Morgan fingerprint density at radius 1 is 1.00 bits per heavy atom. The van der Waals surface area contributed by atoms with Crippen LogP contribution in [0, 0.1) is 0 Å². The fourth-order valence-electron chi connectivity index (χ4n) is 2.14. The van der Waals surface area contributed by atoms with Crippen LogP contribution in [0.3, 0.4) is 0 Å². The zero-order valence-corrected chi connectivity index (χ0v) is 13.0. The maximum Gasteiger partial charge on any atom is 0.203 e. The van der Waals surface area contributed by atoms with Crippen LogP contribution in [0.4, 0.5) is 0 Å². The van der Waals surface area contributed by atoms with Crippen LogP contribution in [-0.4, -0.2) is 41.1 Å². The van der Waals surface area contributed by atoms with E-state index in [0.717, 1.165) is 12.1 Å². The Morgan fingerprint density at radius 3 is 2.20 bits per heavy atom. The third-order valence-corrected chi connectivity index (χ3v) is 3.05. The summed E-state index contributed by atoms with van der Waals surface area (Å²) in [4.78, 5) is 0. The van der Waals surface area contributed by atoms with Gasteiger partial charge in [0.1, 0.15) is 0 Å². The van der Waals surface area contributed by atoms with Gasteiger partial charge in [-0.1, -0.05) is 6.92 Å². The topological polar surface area (TPSA) is 49.0 Å². The molecule has 1 aromatic carbocycles. The second-order valence-electron chi connectivity index (χ2n) is 4.19. The van der Waals surface area contributed by atoms with E-state index >= 15 is 0 Å². The molecular weight excluding hydrogens is 258 g/mol. The quantitative estimate of drug-likeness (QED) is 0.754. The van der Waals surface area contributed by atoms with E-state index in [1.807, 2.05) is 19.1 Å². The lowest BCUT2D eigenvalue weighted by Gasteiger charge is -2.22. The summed E-state index contributed by atoms with van der Waals surface area (Å²) in [5.74, 6) is 1.93. The van der Waals surface area contributed by atoms with E-state index in [0.29, 0.717) is 30.5 Å². The lowest BCUT2D eigenvalue weighted by Crippen LogP contribution is -2.26. The van der Waals surface area contributed by atoms with Crippen LogP contribution >= 0.6 is 0 Å². The second-order valence-corrected chi connectivity index (χ2v) is 4.19. The van der Waals surface area contributed by atoms with Crippen LogP contribution in [-0.2, 0) is 4.74 Å². The molecule has 1 rings (SSSR count). The molecule has 1 aromatic rings. The van der Waals surface area contributed by atoms with Crippen molar-refractivity contribution in [3.8, 4) is 17.2 Å². The SMILES string of the molecule is CCNC(COCC)c1ccc(OC)c(OC)c1OC. The molecule has 0 aliphatic carbocycles. The van der Waals surface area contributed by atoms with Crippen molar-refractivity contribution in [2.75, 3.05) is 41.1 Å². The zero-order valence-electron chi connectivity index (χ0n) is 13.0. The highest BCUT2D eigenvalue weighted by Crippen LogP contribution is 2.42. The molecule has 0 spiro atoms. The third-order valence-electron chi connectivity index (χ3n) is 3.05. The molecule has 0 aromatic heterocycles. The Labute approximate surface area is 121 Å². The molecule has 0 bridgehead atoms. The van der Waals surface area contributed by atoms with Gasteiger partial charge in [0, 0.05) is 12.2 Å². The summed E-state index contributed by atoms with van der Waals surface area (Å²) < 4.78 is 21.8. The van der Waals surface area contributed by atoms with E-state index in [1.54, 1.807) is 21.3 Å². The Morgan fingerprint density at radius 2 is 1.70 bits per heavy atom. The first-order valence-electron chi connectivity index (χ1n) is 6.83. The van der Waals surface area contributed by atoms with Gasteiger partial charge in [0.15, 0.2) is 11.5 Å². The molecule has 0 radical (unpaired) electrons. The van der Waals surface area contributed by atoms with Gasteiger partial charge in [-0.3, -0.25) is 0 Å². The van der Waals surface area contributed by atoms with Crippen molar-refractivity contribution < 1.29 is 18.9 Å². The van der Waals surface area contributed by atoms with Crippen molar-refractivity contribution in [2.24, 2.45) is 0 Å². The number of rotatable bonds is 9. The van der Waals surface area contributed by atoms with Crippen molar-refractivity contribution in [1.82, 2.24) is 5.32 Å². The van der Waals surface area contributed by atoms with E-state index in [-0.39, 0.29) is 6.04 Å². The minimum absolute atomic E-state index is 0.0507. The molecule has 0 aliphatic rings. The van der Waals surface area contributed by atoms with Crippen molar-refractivity contribution in [2.45, 2.75) is 19.9 Å². The number of ether oxygens (including phenoxy) is 4. The minimum Gasteiger partial charge on any atom is -0.493 e. The molecule has 114 valence electrons. The Hall–Kier alpha value is -1.46. The highest BCUT2D eigenvalue weighted by Gasteiger charge is 2.21. The summed E-state index contributed by atoms with van der Waals surface area (Å²) in [7, 11) is 4.85. The summed E-state index contributed by atoms with van der Waals surface area (Å²) in [6, 6.07) is 3.91. The van der Waals surface area contributed by atoms with Crippen molar-refractivity contribution in [1.29, 1.82) is 0 Å². The lowest BCUT2D eigenvalue weighted by atomic mass is 10.0. The van der Waals surface area contributed by atoms with Crippen LogP contribution in [0.5, 0.6) is 17.2 Å². The molecule has 1 N–H and O–H groups in total. The summed E-state index contributed by atoms with van der Waals surface area (Å²) in [5, 5.41) is 3.40. The summed E-state index contributed by atoms with van der Waals surface area (Å²) >= 11 is 0. The lowest BCUT2D eigenvalue weighted by molar-refractivity contribution is 0.122. The Bertz CT molecular complexity index is 409. The first-order valence-corrected chi connectivity index (χ1v) is 6.83. The summed E-state index contributed by atoms with van der Waals surface area (Å²) in [6.45, 7) is 6.14. The zero-order chi connectivity index (χ0) is 15.0. The van der Waals surface area contributed by atoms with Gasteiger partial charge in [0.2, 0.25) is 5.75 Å². The van der Waals surface area contributed by atoms with Gasteiger partial charge in [0.25, 0.3) is 0 Å². The van der Waals surface area contributed by atoms with Crippen LogP contribution in [0.15, 0.2) is 12.1 Å². The number of hydrogen-bond acceptors (Lipinski definition) is 5. The van der Waals surface area contributed by atoms with Gasteiger partial charge >= 0.3 is 0 Å². The fourth-order valence-corrected chi connectivity index (χ4v) is 2.14. The second kappa shape index (κ2) is 8.66. The van der Waals surface area contributed by atoms with Crippen molar-refractivity contribution >= 4 is 0 Å². The Balaban J connectivity index is 3.19. The normalized spacial score (nSPS) is 12.1. The van der Waals surface area contributed by atoms with Gasteiger partial charge in [-0.2, -0.15) is 0 Å². The van der Waals surface area contributed by atoms with Gasteiger partial charge in [-0.05, 0) is 25.6 Å². The van der Waals surface area contributed by atoms with Crippen LogP contribution in [0.2, 0.25) is 0 Å². The highest BCUT2D eigenvalue weighted by atomic mass is 16.5. The molecule has 0 heterocycles. The molecule has 5 nitrogen and oxygen atoms in total. The number of hydrogen-bond donors (Lipinski definition) is 1. The fraction of sp³-hybridized carbons (Fsp3) is 0.600. The molecule has 1 unspecified atom stereocenters. The predicted octanol–water partition coefficient (Wildman–Crippen LogP) is 2.40. The largest absolute Gasteiger partial charge is 0.493 e. The molecule has 0 fully saturated rings. The average molecular weight is 283 g/mol. The predicted molar refractivity (Wildman–Crippen MR) is 79.0 cm³/mol. The average Bonchev–Trinajstić information content (AvgIpc) is 2.49. The molecule has 0 saturated heterocycles. The molecule has 0 saturated carbocycles. The van der Waals surface area contributed by atoms with Crippen molar-refractivity contribution in [3.05, 3.63) is 17.7 Å². The maximum absolute atomic E-state index is 5.54.